The largest absolute Gasteiger partial charge is 0.504 e. The fourth-order valence-corrected chi connectivity index (χ4v) is 1.17. The van der Waals surface area contributed by atoms with E-state index in [1.807, 2.05) is 6.07 Å². The predicted octanol–water partition coefficient (Wildman–Crippen LogP) is 2.32. The van der Waals surface area contributed by atoms with Crippen molar-refractivity contribution in [1.29, 1.82) is 0 Å². The first-order chi connectivity index (χ1) is 6.63. The van der Waals surface area contributed by atoms with Crippen molar-refractivity contribution < 1.29 is 9.84 Å². The Labute approximate surface area is 96.9 Å². The highest BCUT2D eigenvalue weighted by atomic mass is 35.5. The van der Waals surface area contributed by atoms with E-state index in [1.54, 1.807) is 19.2 Å². The lowest BCUT2D eigenvalue weighted by Gasteiger charge is -2.09. The third-order valence-corrected chi connectivity index (χ3v) is 1.96. The van der Waals surface area contributed by atoms with Gasteiger partial charge in [-0.05, 0) is 17.7 Å². The van der Waals surface area contributed by atoms with Crippen molar-refractivity contribution >= 4 is 12.4 Å². The molecule has 0 saturated heterocycles. The standard InChI is InChI=1S/C11H17NO2.ClH/c1-8(2)12-7-9-4-5-11(14-3)10(13)6-9;/h4-6,8,12-13H,7H2,1-3H3;1H. The zero-order valence-corrected chi connectivity index (χ0v) is 10.1. The fourth-order valence-electron chi connectivity index (χ4n) is 1.17. The van der Waals surface area contributed by atoms with Crippen molar-refractivity contribution in [3.8, 4) is 11.5 Å². The maximum atomic E-state index is 9.50. The van der Waals surface area contributed by atoms with Crippen LogP contribution >= 0.6 is 12.4 Å². The Hall–Kier alpha value is -0.930. The quantitative estimate of drug-likeness (QED) is 0.836. The molecule has 0 amide bonds. The minimum absolute atomic E-state index is 0. The monoisotopic (exact) mass is 231 g/mol. The molecule has 86 valence electrons. The average molecular weight is 232 g/mol. The van der Waals surface area contributed by atoms with Crippen molar-refractivity contribution in [2.75, 3.05) is 7.11 Å². The minimum Gasteiger partial charge on any atom is -0.504 e. The van der Waals surface area contributed by atoms with Crippen LogP contribution in [0.3, 0.4) is 0 Å². The van der Waals surface area contributed by atoms with E-state index in [2.05, 4.69) is 19.2 Å². The Bertz CT molecular complexity index is 303. The summed E-state index contributed by atoms with van der Waals surface area (Å²) in [5, 5.41) is 12.8. The molecule has 0 aliphatic carbocycles. The molecule has 0 saturated carbocycles. The van der Waals surface area contributed by atoms with Gasteiger partial charge in [0.2, 0.25) is 0 Å². The topological polar surface area (TPSA) is 41.5 Å². The second kappa shape index (κ2) is 6.53. The van der Waals surface area contributed by atoms with E-state index in [-0.39, 0.29) is 18.2 Å². The first-order valence-electron chi connectivity index (χ1n) is 4.72. The van der Waals surface area contributed by atoms with E-state index in [0.717, 1.165) is 12.1 Å². The molecule has 2 N–H and O–H groups in total. The Morgan fingerprint density at radius 3 is 2.53 bits per heavy atom. The second-order valence-corrected chi connectivity index (χ2v) is 3.54. The van der Waals surface area contributed by atoms with Crippen molar-refractivity contribution in [3.05, 3.63) is 23.8 Å². The lowest BCUT2D eigenvalue weighted by Crippen LogP contribution is -2.21. The van der Waals surface area contributed by atoms with Crippen LogP contribution in [0.1, 0.15) is 19.4 Å². The van der Waals surface area contributed by atoms with Gasteiger partial charge in [0.1, 0.15) is 0 Å². The molecular formula is C11H18ClNO2. The normalized spacial score (nSPS) is 9.87. The van der Waals surface area contributed by atoms with Crippen molar-refractivity contribution in [2.24, 2.45) is 0 Å². The Morgan fingerprint density at radius 1 is 1.40 bits per heavy atom. The highest BCUT2D eigenvalue weighted by molar-refractivity contribution is 5.85. The van der Waals surface area contributed by atoms with Crippen molar-refractivity contribution in [1.82, 2.24) is 5.32 Å². The summed E-state index contributed by atoms with van der Waals surface area (Å²) in [7, 11) is 1.54. The molecule has 0 aliphatic rings. The molecule has 0 radical (unpaired) electrons. The van der Waals surface area contributed by atoms with E-state index < -0.39 is 0 Å². The molecule has 0 heterocycles. The Kier molecular flexibility index (Phi) is 6.13. The molecule has 1 aromatic carbocycles. The number of nitrogens with one attached hydrogen (secondary N) is 1. The van der Waals surface area contributed by atoms with Crippen LogP contribution in [-0.2, 0) is 6.54 Å². The summed E-state index contributed by atoms with van der Waals surface area (Å²) in [4.78, 5) is 0. The molecule has 3 nitrogen and oxygen atoms in total. The van der Waals surface area contributed by atoms with Gasteiger partial charge in [0.05, 0.1) is 7.11 Å². The maximum absolute atomic E-state index is 9.50. The summed E-state index contributed by atoms with van der Waals surface area (Å²) in [5.41, 5.74) is 1.05. The van der Waals surface area contributed by atoms with Crippen LogP contribution in [0, 0.1) is 0 Å². The molecule has 15 heavy (non-hydrogen) atoms. The summed E-state index contributed by atoms with van der Waals surface area (Å²) < 4.78 is 4.96. The SMILES string of the molecule is COc1ccc(CNC(C)C)cc1O.Cl. The van der Waals surface area contributed by atoms with Gasteiger partial charge < -0.3 is 15.2 Å². The number of phenolic OH excluding ortho intramolecular Hbond substituents is 1. The highest BCUT2D eigenvalue weighted by Crippen LogP contribution is 2.25. The Morgan fingerprint density at radius 2 is 2.07 bits per heavy atom. The van der Waals surface area contributed by atoms with Gasteiger partial charge in [-0.3, -0.25) is 0 Å². The third kappa shape index (κ3) is 4.40. The minimum atomic E-state index is 0. The van der Waals surface area contributed by atoms with Crippen LogP contribution in [-0.4, -0.2) is 18.3 Å². The van der Waals surface area contributed by atoms with Gasteiger partial charge in [-0.2, -0.15) is 0 Å². The summed E-state index contributed by atoms with van der Waals surface area (Å²) in [6.07, 6.45) is 0. The van der Waals surface area contributed by atoms with Crippen LogP contribution in [0.25, 0.3) is 0 Å². The molecule has 4 heteroatoms. The highest BCUT2D eigenvalue weighted by Gasteiger charge is 2.02. The number of ether oxygens (including phenoxy) is 1. The van der Waals surface area contributed by atoms with Gasteiger partial charge in [0, 0.05) is 12.6 Å². The Balaban J connectivity index is 0.00000196. The van der Waals surface area contributed by atoms with Crippen molar-refractivity contribution in [3.63, 3.8) is 0 Å². The van der Waals surface area contributed by atoms with Crippen LogP contribution < -0.4 is 10.1 Å². The lowest BCUT2D eigenvalue weighted by atomic mass is 10.2. The zero-order valence-electron chi connectivity index (χ0n) is 9.28. The van der Waals surface area contributed by atoms with Gasteiger partial charge in [0.15, 0.2) is 11.5 Å². The van der Waals surface area contributed by atoms with Gasteiger partial charge in [-0.15, -0.1) is 12.4 Å². The predicted molar refractivity (Wildman–Crippen MR) is 63.9 cm³/mol. The van der Waals surface area contributed by atoms with E-state index in [1.165, 1.54) is 0 Å². The molecule has 1 aromatic rings. The van der Waals surface area contributed by atoms with Gasteiger partial charge in [0.25, 0.3) is 0 Å². The molecule has 0 spiro atoms. The number of phenols is 1. The second-order valence-electron chi connectivity index (χ2n) is 3.54. The summed E-state index contributed by atoms with van der Waals surface area (Å²) in [6, 6.07) is 5.87. The summed E-state index contributed by atoms with van der Waals surface area (Å²) >= 11 is 0. The van der Waals surface area contributed by atoms with Crippen molar-refractivity contribution in [2.45, 2.75) is 26.4 Å². The number of benzene rings is 1. The molecule has 0 aromatic heterocycles. The molecule has 0 aliphatic heterocycles. The first-order valence-corrected chi connectivity index (χ1v) is 4.72. The van der Waals surface area contributed by atoms with E-state index in [9.17, 15) is 5.11 Å². The first kappa shape index (κ1) is 14.1. The molecule has 0 unspecified atom stereocenters. The number of halogens is 1. The maximum Gasteiger partial charge on any atom is 0.160 e. The van der Waals surface area contributed by atoms with Gasteiger partial charge in [-0.1, -0.05) is 19.9 Å². The smallest absolute Gasteiger partial charge is 0.160 e. The van der Waals surface area contributed by atoms with E-state index >= 15 is 0 Å². The number of aromatic hydroxyl groups is 1. The summed E-state index contributed by atoms with van der Waals surface area (Å²) in [5.74, 6) is 0.703. The number of rotatable bonds is 4. The molecule has 0 fully saturated rings. The molecular weight excluding hydrogens is 214 g/mol. The molecule has 0 bridgehead atoms. The molecule has 1 rings (SSSR count). The fraction of sp³-hybridized carbons (Fsp3) is 0.455. The summed E-state index contributed by atoms with van der Waals surface area (Å²) in [6.45, 7) is 4.93. The van der Waals surface area contributed by atoms with Gasteiger partial charge in [-0.25, -0.2) is 0 Å². The van der Waals surface area contributed by atoms with E-state index in [4.69, 9.17) is 4.74 Å². The lowest BCUT2D eigenvalue weighted by molar-refractivity contribution is 0.373. The number of methoxy groups -OCH3 is 1. The van der Waals surface area contributed by atoms with Crippen LogP contribution in [0.4, 0.5) is 0 Å². The van der Waals surface area contributed by atoms with Gasteiger partial charge >= 0.3 is 0 Å². The van der Waals surface area contributed by atoms with Crippen LogP contribution in [0.15, 0.2) is 18.2 Å². The van der Waals surface area contributed by atoms with Crippen LogP contribution in [0.2, 0.25) is 0 Å². The van der Waals surface area contributed by atoms with Crippen LogP contribution in [0.5, 0.6) is 11.5 Å². The number of hydrogen-bond donors (Lipinski definition) is 2. The van der Waals surface area contributed by atoms with E-state index in [0.29, 0.717) is 11.8 Å². The third-order valence-electron chi connectivity index (χ3n) is 1.96. The average Bonchev–Trinajstić information content (AvgIpc) is 2.15. The zero-order chi connectivity index (χ0) is 10.6. The number of hydrogen-bond acceptors (Lipinski definition) is 3. The molecule has 0 atom stereocenters.